The normalized spacial score (nSPS) is 16.3. The molecule has 3 amide bonds. The predicted molar refractivity (Wildman–Crippen MR) is 169 cm³/mol. The Bertz CT molecular complexity index is 1690. The first-order chi connectivity index (χ1) is 21.0. The number of fused-ring (bicyclic) bond motifs is 1. The van der Waals surface area contributed by atoms with Crippen LogP contribution in [-0.2, 0) is 16.2 Å². The van der Waals surface area contributed by atoms with Gasteiger partial charge in [-0.25, -0.2) is 0 Å². The standard InChI is InChI=1S/C34H31N3O5S/c1-41-30-20-24(14-15-29(30)42-23-26-10-7-9-25-8-5-6-13-28(25)26)21-31-33(39)37(34(40)43-31)22-32(38)36-18-16-35(17-19-36)27-11-3-2-4-12-27/h2-15,20-21H,16-19,22-23H2,1H3/b31-21+. The lowest BCUT2D eigenvalue weighted by Gasteiger charge is -2.36. The number of carbonyl (C=O) groups excluding carboxylic acids is 3. The van der Waals surface area contributed by atoms with Gasteiger partial charge in [0, 0.05) is 31.9 Å². The van der Waals surface area contributed by atoms with Crippen LogP contribution >= 0.6 is 11.8 Å². The first-order valence-electron chi connectivity index (χ1n) is 14.1. The van der Waals surface area contributed by atoms with Crippen LogP contribution in [0.25, 0.3) is 16.8 Å². The summed E-state index contributed by atoms with van der Waals surface area (Å²) in [6, 6.07) is 29.7. The lowest BCUT2D eigenvalue weighted by Crippen LogP contribution is -2.51. The van der Waals surface area contributed by atoms with E-state index in [1.165, 1.54) is 0 Å². The van der Waals surface area contributed by atoms with E-state index in [1.54, 1.807) is 30.2 Å². The highest BCUT2D eigenvalue weighted by atomic mass is 32.2. The largest absolute Gasteiger partial charge is 0.493 e. The first kappa shape index (κ1) is 28.4. The maximum atomic E-state index is 13.1. The van der Waals surface area contributed by atoms with Gasteiger partial charge in [0.25, 0.3) is 11.1 Å². The molecule has 0 aliphatic carbocycles. The number of piperazine rings is 1. The third-order valence-corrected chi connectivity index (χ3v) is 8.58. The number of hydrogen-bond acceptors (Lipinski definition) is 7. The van der Waals surface area contributed by atoms with Gasteiger partial charge < -0.3 is 19.3 Å². The van der Waals surface area contributed by atoms with Gasteiger partial charge in [0.05, 0.1) is 12.0 Å². The Balaban J connectivity index is 1.08. The number of benzene rings is 4. The van der Waals surface area contributed by atoms with Crippen molar-refractivity contribution in [3.63, 3.8) is 0 Å². The fourth-order valence-electron chi connectivity index (χ4n) is 5.34. The van der Waals surface area contributed by atoms with Crippen molar-refractivity contribution in [1.29, 1.82) is 0 Å². The van der Waals surface area contributed by atoms with Crippen molar-refractivity contribution in [2.24, 2.45) is 0 Å². The minimum absolute atomic E-state index is 0.231. The number of amides is 3. The van der Waals surface area contributed by atoms with Crippen molar-refractivity contribution in [1.82, 2.24) is 9.80 Å². The molecular formula is C34H31N3O5S. The van der Waals surface area contributed by atoms with E-state index in [0.717, 1.165) is 38.7 Å². The number of rotatable bonds is 8. The molecule has 0 aromatic heterocycles. The minimum Gasteiger partial charge on any atom is -0.493 e. The Morgan fingerprint density at radius 2 is 1.60 bits per heavy atom. The zero-order chi connectivity index (χ0) is 29.8. The van der Waals surface area contributed by atoms with E-state index in [1.807, 2.05) is 60.7 Å². The van der Waals surface area contributed by atoms with Gasteiger partial charge in [-0.1, -0.05) is 66.7 Å². The quantitative estimate of drug-likeness (QED) is 0.239. The highest BCUT2D eigenvalue weighted by Crippen LogP contribution is 2.35. The minimum atomic E-state index is -0.471. The van der Waals surface area contributed by atoms with Crippen LogP contribution in [0.4, 0.5) is 10.5 Å². The zero-order valence-electron chi connectivity index (χ0n) is 23.8. The summed E-state index contributed by atoms with van der Waals surface area (Å²) in [6.45, 7) is 2.56. The summed E-state index contributed by atoms with van der Waals surface area (Å²) >= 11 is 0.837. The Kier molecular flexibility index (Phi) is 8.33. The van der Waals surface area contributed by atoms with Crippen molar-refractivity contribution < 1.29 is 23.9 Å². The van der Waals surface area contributed by atoms with E-state index in [4.69, 9.17) is 9.47 Å². The highest BCUT2D eigenvalue weighted by molar-refractivity contribution is 8.18. The fourth-order valence-corrected chi connectivity index (χ4v) is 6.18. The molecule has 2 fully saturated rings. The van der Waals surface area contributed by atoms with Crippen molar-refractivity contribution in [3.05, 3.63) is 107 Å². The van der Waals surface area contributed by atoms with E-state index in [0.29, 0.717) is 49.8 Å². The SMILES string of the molecule is COc1cc(/C=C2/SC(=O)N(CC(=O)N3CCN(c4ccccc4)CC3)C2=O)ccc1OCc1cccc2ccccc12. The zero-order valence-corrected chi connectivity index (χ0v) is 24.6. The number of thioether (sulfide) groups is 1. The van der Waals surface area contributed by atoms with Gasteiger partial charge in [0.15, 0.2) is 11.5 Å². The van der Waals surface area contributed by atoms with Gasteiger partial charge in [0.2, 0.25) is 5.91 Å². The molecule has 4 aromatic carbocycles. The summed E-state index contributed by atoms with van der Waals surface area (Å²) in [5, 5.41) is 1.82. The van der Waals surface area contributed by atoms with E-state index < -0.39 is 11.1 Å². The Morgan fingerprint density at radius 1 is 0.860 bits per heavy atom. The molecule has 0 unspecified atom stereocenters. The summed E-state index contributed by atoms with van der Waals surface area (Å²) in [4.78, 5) is 44.1. The number of anilines is 1. The summed E-state index contributed by atoms with van der Waals surface area (Å²) in [5.41, 5.74) is 2.86. The van der Waals surface area contributed by atoms with Crippen LogP contribution in [-0.4, -0.2) is 66.7 Å². The summed E-state index contributed by atoms with van der Waals surface area (Å²) < 4.78 is 11.7. The molecule has 43 heavy (non-hydrogen) atoms. The number of methoxy groups -OCH3 is 1. The molecule has 0 atom stereocenters. The summed E-state index contributed by atoms with van der Waals surface area (Å²) in [6.07, 6.45) is 1.64. The number of nitrogens with zero attached hydrogens (tertiary/aromatic N) is 3. The van der Waals surface area contributed by atoms with Crippen molar-refractivity contribution in [2.45, 2.75) is 6.61 Å². The number of carbonyl (C=O) groups is 3. The predicted octanol–water partition coefficient (Wildman–Crippen LogP) is 5.81. The van der Waals surface area contributed by atoms with Crippen LogP contribution in [0, 0.1) is 0 Å². The molecule has 218 valence electrons. The fraction of sp³-hybridized carbons (Fsp3) is 0.206. The maximum absolute atomic E-state index is 13.1. The number of ether oxygens (including phenoxy) is 2. The second-order valence-corrected chi connectivity index (χ2v) is 11.3. The van der Waals surface area contributed by atoms with Gasteiger partial charge in [-0.05, 0) is 64.0 Å². The molecule has 2 saturated heterocycles. The smallest absolute Gasteiger partial charge is 0.294 e. The molecule has 2 heterocycles. The van der Waals surface area contributed by atoms with Crippen molar-refractivity contribution in [3.8, 4) is 11.5 Å². The van der Waals surface area contributed by atoms with Crippen LogP contribution in [0.2, 0.25) is 0 Å². The Labute approximate surface area is 254 Å². The topological polar surface area (TPSA) is 79.4 Å². The highest BCUT2D eigenvalue weighted by Gasteiger charge is 2.37. The van der Waals surface area contributed by atoms with Crippen LogP contribution in [0.5, 0.6) is 11.5 Å². The third-order valence-electron chi connectivity index (χ3n) is 7.67. The second-order valence-electron chi connectivity index (χ2n) is 10.3. The molecule has 2 aliphatic heterocycles. The van der Waals surface area contributed by atoms with Crippen LogP contribution in [0.1, 0.15) is 11.1 Å². The summed E-state index contributed by atoms with van der Waals surface area (Å²) in [5.74, 6) is 0.379. The molecule has 0 radical (unpaired) electrons. The van der Waals surface area contributed by atoms with E-state index in [2.05, 4.69) is 23.1 Å². The molecule has 0 saturated carbocycles. The molecule has 0 spiro atoms. The van der Waals surface area contributed by atoms with Crippen LogP contribution in [0.3, 0.4) is 0 Å². The van der Waals surface area contributed by atoms with Gasteiger partial charge in [-0.3, -0.25) is 19.3 Å². The van der Waals surface area contributed by atoms with Gasteiger partial charge in [0.1, 0.15) is 13.2 Å². The number of imide groups is 1. The molecule has 6 rings (SSSR count). The van der Waals surface area contributed by atoms with Gasteiger partial charge >= 0.3 is 0 Å². The van der Waals surface area contributed by atoms with Crippen molar-refractivity contribution >= 4 is 51.4 Å². The van der Waals surface area contributed by atoms with Gasteiger partial charge in [-0.15, -0.1) is 0 Å². The lowest BCUT2D eigenvalue weighted by molar-refractivity contribution is -0.136. The van der Waals surface area contributed by atoms with Crippen LogP contribution < -0.4 is 14.4 Å². The maximum Gasteiger partial charge on any atom is 0.294 e. The third kappa shape index (κ3) is 6.22. The Hall–Kier alpha value is -4.76. The molecule has 9 heteroatoms. The molecule has 2 aliphatic rings. The first-order valence-corrected chi connectivity index (χ1v) is 14.9. The van der Waals surface area contributed by atoms with E-state index in [9.17, 15) is 14.4 Å². The monoisotopic (exact) mass is 593 g/mol. The number of hydrogen-bond donors (Lipinski definition) is 0. The van der Waals surface area contributed by atoms with E-state index >= 15 is 0 Å². The molecular weight excluding hydrogens is 562 g/mol. The molecule has 0 bridgehead atoms. The Morgan fingerprint density at radius 3 is 2.40 bits per heavy atom. The van der Waals surface area contributed by atoms with E-state index in [-0.39, 0.29) is 17.4 Å². The average molecular weight is 594 g/mol. The van der Waals surface area contributed by atoms with Gasteiger partial charge in [-0.2, -0.15) is 0 Å². The van der Waals surface area contributed by atoms with Crippen molar-refractivity contribution in [2.75, 3.05) is 44.7 Å². The van der Waals surface area contributed by atoms with Crippen LogP contribution in [0.15, 0.2) is 95.9 Å². The molecule has 4 aromatic rings. The molecule has 0 N–H and O–H groups in total. The summed E-state index contributed by atoms with van der Waals surface area (Å²) in [7, 11) is 1.56. The lowest BCUT2D eigenvalue weighted by atomic mass is 10.1. The molecule has 8 nitrogen and oxygen atoms in total. The average Bonchev–Trinajstić information content (AvgIpc) is 3.31. The second kappa shape index (κ2) is 12.6. The number of para-hydroxylation sites is 1.